The first kappa shape index (κ1) is 36.0. The summed E-state index contributed by atoms with van der Waals surface area (Å²) in [7, 11) is -8.75. The maximum atomic E-state index is 8.42. The molecule has 0 atom stereocenters. The molecule has 0 rings (SSSR count). The predicted octanol–water partition coefficient (Wildman–Crippen LogP) is -13.0. The van der Waals surface area contributed by atoms with E-state index in [0.717, 1.165) is 0 Å². The third-order valence-electron chi connectivity index (χ3n) is 0. The Hall–Kier alpha value is 2.48. The van der Waals surface area contributed by atoms with Gasteiger partial charge < -0.3 is 45.2 Å². The molecule has 0 aliphatic heterocycles. The summed E-state index contributed by atoms with van der Waals surface area (Å²) in [6.07, 6.45) is 0. The Balaban J connectivity index is -0.0000000184. The molecule has 0 saturated heterocycles. The second-order valence-electron chi connectivity index (χ2n) is 0.866. The third kappa shape index (κ3) is 560. The number of hydrogen-bond donors (Lipinski definition) is 0. The van der Waals surface area contributed by atoms with Gasteiger partial charge in [0, 0.05) is 0 Å². The van der Waals surface area contributed by atoms with Crippen molar-refractivity contribution in [2.45, 2.75) is 0 Å². The van der Waals surface area contributed by atoms with Gasteiger partial charge in [0.25, 0.3) is 0 Å². The molecule has 0 aliphatic carbocycles. The quantitative estimate of drug-likeness (QED) is 0.213. The Bertz CT molecular complexity index is 49.1. The zero-order valence-corrected chi connectivity index (χ0v) is 17.2. The van der Waals surface area contributed by atoms with Crippen LogP contribution in [0.25, 0.3) is 0 Å². The van der Waals surface area contributed by atoms with Crippen LogP contribution >= 0.6 is 0 Å². The summed E-state index contributed by atoms with van der Waals surface area (Å²) in [5.41, 5.74) is 0. The van der Waals surface area contributed by atoms with E-state index in [1.807, 2.05) is 0 Å². The molecule has 0 aromatic carbocycles. The minimum absolute atomic E-state index is 0. The van der Waals surface area contributed by atoms with E-state index in [4.69, 9.17) is 45.2 Å². The molecule has 0 fully saturated rings. The second-order valence-corrected chi connectivity index (χ2v) is 0.866. The van der Waals surface area contributed by atoms with Gasteiger partial charge in [0.15, 0.2) is 0 Å². The molecule has 0 aromatic heterocycles. The van der Waals surface area contributed by atoms with Crippen LogP contribution in [0.15, 0.2) is 0 Å². The van der Waals surface area contributed by atoms with Gasteiger partial charge in [0.2, 0.25) is 0 Å². The minimum atomic E-state index is -2.92. The average molecular weight is 803 g/mol. The molecule has 0 spiro atoms. The van der Waals surface area contributed by atoms with E-state index < -0.39 is 22.0 Å². The summed E-state index contributed by atoms with van der Waals surface area (Å²) in [5, 5.41) is 75.8. The van der Waals surface area contributed by atoms with Crippen LogP contribution in [0.5, 0.6) is 0 Å². The molecule has 0 bridgehead atoms. The summed E-state index contributed by atoms with van der Waals surface area (Å²) < 4.78 is 0. The second kappa shape index (κ2) is 30.0. The van der Waals surface area contributed by atoms with Gasteiger partial charge in [-0.3, -0.25) is 22.0 Å². The maximum absolute atomic E-state index is 8.42. The Labute approximate surface area is 144 Å². The molecule has 15 heteroatoms. The molecule has 15 heavy (non-hydrogen) atoms. The van der Waals surface area contributed by atoms with Crippen LogP contribution in [0, 0.1) is 0 Å². The van der Waals surface area contributed by atoms with E-state index in [9.17, 15) is 0 Å². The average Bonchev–Trinajstić information content (AvgIpc) is 1.54. The smallest absolute Gasteiger partial charge is 0.907 e. The first-order valence-electron chi connectivity index (χ1n) is 2.12. The van der Waals surface area contributed by atoms with Crippen LogP contribution in [0.4, 0.5) is 0 Å². The Morgan fingerprint density at radius 2 is 0.333 bits per heavy atom. The van der Waals surface area contributed by atoms with Gasteiger partial charge in [-0.2, -0.15) is 0 Å². The minimum Gasteiger partial charge on any atom is -0.907 e. The van der Waals surface area contributed by atoms with Crippen molar-refractivity contribution >= 4 is 101 Å². The fourth-order valence-electron chi connectivity index (χ4n) is 0. The van der Waals surface area contributed by atoms with Gasteiger partial charge >= 0.3 is 78.6 Å². The number of rotatable bonds is 0. The number of hydrogen-bond acceptors (Lipinski definition) is 9. The van der Waals surface area contributed by atoms with Crippen molar-refractivity contribution in [3.05, 3.63) is 0 Å². The Kier molecular flexibility index (Phi) is 72.0. The standard InChI is InChI=1S/3BO3.3Bi/c3*2-1(3)4;;;/q3*-3;3*+3. The van der Waals surface area contributed by atoms with Gasteiger partial charge in [0.1, 0.15) is 0 Å². The summed E-state index contributed by atoms with van der Waals surface area (Å²) >= 11 is 0. The predicted molar refractivity (Wildman–Crippen MR) is 34.5 cm³/mol. The first-order valence-corrected chi connectivity index (χ1v) is 2.12. The fourth-order valence-corrected chi connectivity index (χ4v) is 0. The van der Waals surface area contributed by atoms with Crippen molar-refractivity contribution in [3.8, 4) is 0 Å². The molecule has 0 unspecified atom stereocenters. The molecule has 0 aliphatic rings. The first-order chi connectivity index (χ1) is 5.20. The maximum Gasteiger partial charge on any atom is 3.00 e. The molecule has 78 valence electrons. The van der Waals surface area contributed by atoms with E-state index in [0.29, 0.717) is 0 Å². The molecular weight excluding hydrogens is 803 g/mol. The van der Waals surface area contributed by atoms with Crippen molar-refractivity contribution in [1.82, 2.24) is 0 Å². The molecule has 0 aromatic rings. The Morgan fingerprint density at radius 1 is 0.333 bits per heavy atom. The van der Waals surface area contributed by atoms with Crippen LogP contribution in [0.1, 0.15) is 0 Å². The summed E-state index contributed by atoms with van der Waals surface area (Å²) in [6, 6.07) is 0. The van der Waals surface area contributed by atoms with Crippen LogP contribution < -0.4 is 45.2 Å². The van der Waals surface area contributed by atoms with E-state index in [1.54, 1.807) is 0 Å². The van der Waals surface area contributed by atoms with Gasteiger partial charge in [-0.25, -0.2) is 0 Å². The van der Waals surface area contributed by atoms with Crippen molar-refractivity contribution in [2.24, 2.45) is 0 Å². The van der Waals surface area contributed by atoms with Gasteiger partial charge in [-0.15, -0.1) is 0 Å². The molecule has 9 nitrogen and oxygen atoms in total. The Morgan fingerprint density at radius 3 is 0.333 bits per heavy atom. The molecule has 0 heterocycles. The molecular formula is B3Bi3O9. The van der Waals surface area contributed by atoms with E-state index >= 15 is 0 Å². The zero-order valence-electron chi connectivity index (χ0n) is 6.75. The zero-order chi connectivity index (χ0) is 10.7. The van der Waals surface area contributed by atoms with Crippen molar-refractivity contribution in [3.63, 3.8) is 0 Å². The van der Waals surface area contributed by atoms with E-state index in [-0.39, 0.29) is 78.6 Å². The topological polar surface area (TPSA) is 208 Å². The monoisotopic (exact) mass is 804 g/mol. The largest absolute Gasteiger partial charge is 3.00 e. The summed E-state index contributed by atoms with van der Waals surface area (Å²) in [6.45, 7) is 0. The van der Waals surface area contributed by atoms with Crippen molar-refractivity contribution in [2.75, 3.05) is 0 Å². The van der Waals surface area contributed by atoms with E-state index in [2.05, 4.69) is 0 Å². The van der Waals surface area contributed by atoms with Crippen molar-refractivity contribution < 1.29 is 45.2 Å². The summed E-state index contributed by atoms with van der Waals surface area (Å²) in [5.74, 6) is 0. The fraction of sp³-hybridized carbons (Fsp3) is 0. The van der Waals surface area contributed by atoms with Gasteiger partial charge in [-0.1, -0.05) is 0 Å². The molecule has 0 saturated carbocycles. The third-order valence-corrected chi connectivity index (χ3v) is 0. The van der Waals surface area contributed by atoms with Crippen LogP contribution in [-0.2, 0) is 0 Å². The molecule has 6 radical (unpaired) electrons. The normalized spacial score (nSPS) is 5.40. The molecule has 0 amide bonds. The van der Waals surface area contributed by atoms with Crippen molar-refractivity contribution in [1.29, 1.82) is 0 Å². The van der Waals surface area contributed by atoms with Crippen LogP contribution in [-0.4, -0.2) is 101 Å². The SMILES string of the molecule is [Bi+3].[Bi+3].[Bi+3].[O-]B([O-])[O-].[O-]B([O-])[O-].[O-]B([O-])[O-]. The van der Waals surface area contributed by atoms with Gasteiger partial charge in [-0.05, 0) is 0 Å². The molecule has 0 N–H and O–H groups in total. The van der Waals surface area contributed by atoms with E-state index in [1.165, 1.54) is 0 Å². The van der Waals surface area contributed by atoms with Gasteiger partial charge in [0.05, 0.1) is 0 Å². The van der Waals surface area contributed by atoms with Crippen LogP contribution in [0.3, 0.4) is 0 Å². The van der Waals surface area contributed by atoms with Crippen LogP contribution in [0.2, 0.25) is 0 Å². The summed E-state index contributed by atoms with van der Waals surface area (Å²) in [4.78, 5) is 0.